The fourth-order valence-corrected chi connectivity index (χ4v) is 4.92. The summed E-state index contributed by atoms with van der Waals surface area (Å²) in [6.45, 7) is 4.24. The van der Waals surface area contributed by atoms with Gasteiger partial charge in [0.05, 0.1) is 5.92 Å². The summed E-state index contributed by atoms with van der Waals surface area (Å²) in [4.78, 5) is 15.4. The maximum Gasteiger partial charge on any atom is 0.314 e. The summed E-state index contributed by atoms with van der Waals surface area (Å²) in [5.41, 5.74) is 0. The van der Waals surface area contributed by atoms with Gasteiger partial charge in [0.25, 0.3) is 0 Å². The van der Waals surface area contributed by atoms with Gasteiger partial charge >= 0.3 is 5.97 Å². The van der Waals surface area contributed by atoms with Crippen LogP contribution in [0.25, 0.3) is 21.5 Å². The Morgan fingerprint density at radius 3 is 2.34 bits per heavy atom. The van der Waals surface area contributed by atoms with Gasteiger partial charge in [0.2, 0.25) is 0 Å². The van der Waals surface area contributed by atoms with E-state index in [4.69, 9.17) is 4.74 Å². The van der Waals surface area contributed by atoms with E-state index in [1.54, 1.807) is 0 Å². The molecule has 2 fully saturated rings. The monoisotopic (exact) mass is 388 g/mol. The van der Waals surface area contributed by atoms with E-state index in [1.807, 2.05) is 24.3 Å². The fourth-order valence-electron chi connectivity index (χ4n) is 4.92. The molecule has 5 rings (SSSR count). The second kappa shape index (κ2) is 8.13. The average molecular weight is 389 g/mol. The molecule has 0 aliphatic carbocycles. The predicted molar refractivity (Wildman–Crippen MR) is 117 cm³/mol. The van der Waals surface area contributed by atoms with E-state index in [2.05, 4.69) is 40.5 Å². The molecule has 0 aromatic heterocycles. The standard InChI is InChI=1S/C25H28N2O2/c28-25(20-11-15-27(16-12-20)21-9-13-26-14-10-21)29-22-8-7-19-6-5-18-3-1-2-4-23(18)24(19)17-22/h1-8,17,20-21,26H,9-16H2. The minimum absolute atomic E-state index is 0.0104. The summed E-state index contributed by atoms with van der Waals surface area (Å²) >= 11 is 0. The van der Waals surface area contributed by atoms with Gasteiger partial charge in [-0.05, 0) is 85.5 Å². The van der Waals surface area contributed by atoms with E-state index in [9.17, 15) is 4.79 Å². The molecule has 0 radical (unpaired) electrons. The van der Waals surface area contributed by atoms with E-state index in [1.165, 1.54) is 29.0 Å². The lowest BCUT2D eigenvalue weighted by Gasteiger charge is -2.38. The highest BCUT2D eigenvalue weighted by Crippen LogP contribution is 2.30. The minimum Gasteiger partial charge on any atom is -0.426 e. The number of fused-ring (bicyclic) bond motifs is 3. The van der Waals surface area contributed by atoms with Crippen LogP contribution in [0.2, 0.25) is 0 Å². The highest BCUT2D eigenvalue weighted by molar-refractivity contribution is 6.07. The maximum atomic E-state index is 12.8. The molecule has 3 aromatic carbocycles. The molecule has 2 heterocycles. The molecule has 3 aromatic rings. The molecule has 150 valence electrons. The Kier molecular flexibility index (Phi) is 5.21. The van der Waals surface area contributed by atoms with Gasteiger partial charge in [0.1, 0.15) is 5.75 Å². The van der Waals surface area contributed by atoms with E-state index in [-0.39, 0.29) is 11.9 Å². The summed E-state index contributed by atoms with van der Waals surface area (Å²) in [6.07, 6.45) is 4.25. The number of benzene rings is 3. The van der Waals surface area contributed by atoms with Crippen molar-refractivity contribution in [3.8, 4) is 5.75 Å². The van der Waals surface area contributed by atoms with Crippen molar-refractivity contribution in [3.63, 3.8) is 0 Å². The summed E-state index contributed by atoms with van der Waals surface area (Å²) < 4.78 is 5.82. The smallest absolute Gasteiger partial charge is 0.314 e. The third-order valence-electron chi connectivity index (χ3n) is 6.62. The number of rotatable bonds is 3. The SMILES string of the molecule is O=C(Oc1ccc2ccc3ccccc3c2c1)C1CCN(C2CCNCC2)CC1. The third-order valence-corrected chi connectivity index (χ3v) is 6.62. The quantitative estimate of drug-likeness (QED) is 0.411. The van der Waals surface area contributed by atoms with Crippen LogP contribution in [-0.4, -0.2) is 43.1 Å². The van der Waals surface area contributed by atoms with Gasteiger partial charge in [0.15, 0.2) is 0 Å². The molecule has 0 saturated carbocycles. The van der Waals surface area contributed by atoms with Crippen molar-refractivity contribution >= 4 is 27.5 Å². The van der Waals surface area contributed by atoms with Crippen LogP contribution < -0.4 is 10.1 Å². The summed E-state index contributed by atoms with van der Waals surface area (Å²) in [5.74, 6) is 0.588. The Balaban J connectivity index is 1.27. The van der Waals surface area contributed by atoms with Crippen molar-refractivity contribution in [2.75, 3.05) is 26.2 Å². The number of carbonyl (C=O) groups is 1. The second-order valence-corrected chi connectivity index (χ2v) is 8.38. The zero-order valence-corrected chi connectivity index (χ0v) is 16.8. The Morgan fingerprint density at radius 2 is 1.55 bits per heavy atom. The zero-order valence-electron chi connectivity index (χ0n) is 16.8. The Morgan fingerprint density at radius 1 is 0.862 bits per heavy atom. The second-order valence-electron chi connectivity index (χ2n) is 8.38. The lowest BCUT2D eigenvalue weighted by Crippen LogP contribution is -2.47. The van der Waals surface area contributed by atoms with Crippen LogP contribution >= 0.6 is 0 Å². The van der Waals surface area contributed by atoms with E-state index in [0.717, 1.165) is 44.4 Å². The van der Waals surface area contributed by atoms with Gasteiger partial charge in [0, 0.05) is 6.04 Å². The molecule has 0 bridgehead atoms. The number of hydrogen-bond acceptors (Lipinski definition) is 4. The first-order valence-corrected chi connectivity index (χ1v) is 10.9. The van der Waals surface area contributed by atoms with Crippen molar-refractivity contribution in [2.45, 2.75) is 31.7 Å². The molecule has 29 heavy (non-hydrogen) atoms. The largest absolute Gasteiger partial charge is 0.426 e. The Hall–Kier alpha value is -2.43. The van der Waals surface area contributed by atoms with E-state index < -0.39 is 0 Å². The molecule has 4 heteroatoms. The van der Waals surface area contributed by atoms with Crippen LogP contribution in [0.3, 0.4) is 0 Å². The van der Waals surface area contributed by atoms with Crippen molar-refractivity contribution in [2.24, 2.45) is 5.92 Å². The molecule has 2 aliphatic heterocycles. The predicted octanol–water partition coefficient (Wildman–Crippen LogP) is 4.36. The number of nitrogens with zero attached hydrogens (tertiary/aromatic N) is 1. The third kappa shape index (κ3) is 3.87. The van der Waals surface area contributed by atoms with Crippen LogP contribution in [-0.2, 0) is 4.79 Å². The number of carbonyl (C=O) groups excluding carboxylic acids is 1. The van der Waals surface area contributed by atoms with Crippen molar-refractivity contribution in [3.05, 3.63) is 54.6 Å². The van der Waals surface area contributed by atoms with Gasteiger partial charge in [-0.25, -0.2) is 0 Å². The van der Waals surface area contributed by atoms with Crippen LogP contribution in [0.5, 0.6) is 5.75 Å². The first kappa shape index (κ1) is 18.6. The molecule has 1 N–H and O–H groups in total. The highest BCUT2D eigenvalue weighted by Gasteiger charge is 2.30. The van der Waals surface area contributed by atoms with Crippen LogP contribution in [0.15, 0.2) is 54.6 Å². The average Bonchev–Trinajstić information content (AvgIpc) is 2.79. The molecule has 0 unspecified atom stereocenters. The van der Waals surface area contributed by atoms with Crippen LogP contribution in [0.1, 0.15) is 25.7 Å². The number of likely N-dealkylation sites (tertiary alicyclic amines) is 1. The van der Waals surface area contributed by atoms with Gasteiger partial charge in [-0.3, -0.25) is 4.79 Å². The molecule has 4 nitrogen and oxygen atoms in total. The van der Waals surface area contributed by atoms with Crippen molar-refractivity contribution in [1.29, 1.82) is 0 Å². The number of hydrogen-bond donors (Lipinski definition) is 1. The van der Waals surface area contributed by atoms with Crippen LogP contribution in [0.4, 0.5) is 0 Å². The van der Waals surface area contributed by atoms with E-state index in [0.29, 0.717) is 11.8 Å². The minimum atomic E-state index is -0.0745. The van der Waals surface area contributed by atoms with Crippen LogP contribution in [0, 0.1) is 5.92 Å². The Labute approximate surface area is 171 Å². The van der Waals surface area contributed by atoms with Gasteiger partial charge in [-0.1, -0.05) is 42.5 Å². The molecule has 2 aliphatic rings. The molecular weight excluding hydrogens is 360 g/mol. The summed E-state index contributed by atoms with van der Waals surface area (Å²) in [6, 6.07) is 19.3. The van der Waals surface area contributed by atoms with Crippen molar-refractivity contribution < 1.29 is 9.53 Å². The number of esters is 1. The normalized spacial score (nSPS) is 19.6. The lowest BCUT2D eigenvalue weighted by atomic mass is 9.94. The molecule has 2 saturated heterocycles. The van der Waals surface area contributed by atoms with E-state index >= 15 is 0 Å². The van der Waals surface area contributed by atoms with Gasteiger partial charge in [-0.2, -0.15) is 0 Å². The molecule has 0 atom stereocenters. The molecule has 0 amide bonds. The maximum absolute atomic E-state index is 12.8. The number of piperidine rings is 2. The first-order valence-electron chi connectivity index (χ1n) is 10.9. The molecular formula is C25H28N2O2. The molecule has 0 spiro atoms. The Bertz CT molecular complexity index is 1020. The first-order chi connectivity index (χ1) is 14.3. The van der Waals surface area contributed by atoms with Crippen molar-refractivity contribution in [1.82, 2.24) is 10.2 Å². The lowest BCUT2D eigenvalue weighted by molar-refractivity contribution is -0.140. The zero-order chi connectivity index (χ0) is 19.6. The topological polar surface area (TPSA) is 41.6 Å². The highest BCUT2D eigenvalue weighted by atomic mass is 16.5. The van der Waals surface area contributed by atoms with Gasteiger partial charge in [-0.15, -0.1) is 0 Å². The van der Waals surface area contributed by atoms with Gasteiger partial charge < -0.3 is 15.0 Å². The summed E-state index contributed by atoms with van der Waals surface area (Å²) in [5, 5.41) is 8.13. The number of ether oxygens (including phenoxy) is 1. The number of nitrogens with one attached hydrogen (secondary N) is 1. The summed E-state index contributed by atoms with van der Waals surface area (Å²) in [7, 11) is 0. The fraction of sp³-hybridized carbons (Fsp3) is 0.400.